The van der Waals surface area contributed by atoms with Crippen LogP contribution in [-0.4, -0.2) is 29.4 Å². The number of rotatable bonds is 61. The number of aliphatic hydroxyl groups is 1. The zero-order chi connectivity index (χ0) is 50.6. The van der Waals surface area contributed by atoms with Gasteiger partial charge in [0, 0.05) is 19.3 Å². The predicted molar refractivity (Wildman–Crippen MR) is 312 cm³/mol. The summed E-state index contributed by atoms with van der Waals surface area (Å²) in [7, 11) is 0. The molecular formula is C66H127NO3. The lowest BCUT2D eigenvalue weighted by Crippen LogP contribution is -2.37. The van der Waals surface area contributed by atoms with Crippen molar-refractivity contribution in [3.05, 3.63) is 24.3 Å². The largest absolute Gasteiger partial charge is 0.394 e. The Balaban J connectivity index is 3.29. The van der Waals surface area contributed by atoms with Crippen molar-refractivity contribution in [3.8, 4) is 0 Å². The highest BCUT2D eigenvalue weighted by Gasteiger charge is 2.11. The van der Waals surface area contributed by atoms with Gasteiger partial charge in [0.15, 0.2) is 0 Å². The van der Waals surface area contributed by atoms with Gasteiger partial charge in [0.1, 0.15) is 5.78 Å². The van der Waals surface area contributed by atoms with Gasteiger partial charge >= 0.3 is 0 Å². The molecule has 4 heteroatoms. The summed E-state index contributed by atoms with van der Waals surface area (Å²) in [5, 5.41) is 12.9. The second-order valence-electron chi connectivity index (χ2n) is 22.4. The number of aliphatic hydroxyl groups excluding tert-OH is 1. The number of carbonyl (C=O) groups is 2. The third kappa shape index (κ3) is 59.1. The molecule has 0 aromatic rings. The zero-order valence-corrected chi connectivity index (χ0v) is 48.0. The van der Waals surface area contributed by atoms with Crippen LogP contribution in [0.15, 0.2) is 24.3 Å². The first-order valence-corrected chi connectivity index (χ1v) is 32.4. The third-order valence-corrected chi connectivity index (χ3v) is 15.3. The van der Waals surface area contributed by atoms with E-state index in [1.165, 1.54) is 295 Å². The number of hydrogen-bond donors (Lipinski definition) is 2. The van der Waals surface area contributed by atoms with Crippen molar-refractivity contribution in [3.63, 3.8) is 0 Å². The van der Waals surface area contributed by atoms with Gasteiger partial charge in [0.25, 0.3) is 0 Å². The van der Waals surface area contributed by atoms with Gasteiger partial charge in [0.05, 0.1) is 12.6 Å². The van der Waals surface area contributed by atoms with Crippen LogP contribution in [0.25, 0.3) is 0 Å². The van der Waals surface area contributed by atoms with Gasteiger partial charge in [-0.15, -0.1) is 0 Å². The number of ketones is 1. The molecule has 0 rings (SSSR count). The number of Topliss-reactive ketones (excluding diaryl/α,β-unsaturated/α-hetero) is 1. The average Bonchev–Trinajstić information content (AvgIpc) is 3.36. The minimum absolute atomic E-state index is 0.0598. The van der Waals surface area contributed by atoms with Gasteiger partial charge in [-0.25, -0.2) is 0 Å². The molecule has 0 aliphatic rings. The highest BCUT2D eigenvalue weighted by atomic mass is 16.3. The molecule has 0 aliphatic carbocycles. The molecule has 0 saturated carbocycles. The van der Waals surface area contributed by atoms with Crippen LogP contribution in [0.3, 0.4) is 0 Å². The van der Waals surface area contributed by atoms with E-state index in [9.17, 15) is 14.7 Å². The first kappa shape index (κ1) is 68.6. The van der Waals surface area contributed by atoms with E-state index in [2.05, 4.69) is 43.5 Å². The number of allylic oxidation sites excluding steroid dienone is 4. The molecule has 1 atom stereocenters. The van der Waals surface area contributed by atoms with Crippen LogP contribution in [0.2, 0.25) is 0 Å². The highest BCUT2D eigenvalue weighted by molar-refractivity contribution is 5.78. The molecule has 0 aliphatic heterocycles. The Kier molecular flexibility index (Phi) is 60.6. The molecule has 4 nitrogen and oxygen atoms in total. The van der Waals surface area contributed by atoms with Crippen molar-refractivity contribution in [2.24, 2.45) is 0 Å². The van der Waals surface area contributed by atoms with Gasteiger partial charge in [0.2, 0.25) is 5.91 Å². The second kappa shape index (κ2) is 61.9. The van der Waals surface area contributed by atoms with E-state index in [0.717, 1.165) is 57.8 Å². The summed E-state index contributed by atoms with van der Waals surface area (Å²) < 4.78 is 0. The molecular weight excluding hydrogens is 855 g/mol. The number of carbonyl (C=O) groups excluding carboxylic acids is 2. The van der Waals surface area contributed by atoms with Gasteiger partial charge < -0.3 is 10.4 Å². The summed E-state index contributed by atoms with van der Waals surface area (Å²) in [5.41, 5.74) is 0. The fourth-order valence-corrected chi connectivity index (χ4v) is 10.4. The topological polar surface area (TPSA) is 66.4 Å². The molecule has 414 valence electrons. The zero-order valence-electron chi connectivity index (χ0n) is 48.0. The van der Waals surface area contributed by atoms with Gasteiger partial charge in [-0.3, -0.25) is 9.59 Å². The molecule has 0 spiro atoms. The molecule has 1 amide bonds. The molecule has 0 saturated heterocycles. The molecule has 2 N–H and O–H groups in total. The summed E-state index contributed by atoms with van der Waals surface area (Å²) in [6.45, 7) is 4.62. The number of nitrogens with one attached hydrogen (secondary N) is 1. The van der Waals surface area contributed by atoms with Gasteiger partial charge in [-0.1, -0.05) is 321 Å². The first-order valence-electron chi connectivity index (χ1n) is 32.4. The van der Waals surface area contributed by atoms with E-state index in [-0.39, 0.29) is 18.6 Å². The number of amides is 1. The standard InChI is InChI=1S/C66H127NO3/c1-3-5-7-9-11-13-15-17-32-36-40-44-48-52-56-60-65(69)61-57-53-49-45-41-37-33-30-28-26-24-22-20-19-21-23-25-27-29-31-34-38-42-46-50-54-58-62-66(70)67-64(63-68)59-55-51-47-43-39-35-18-16-14-12-10-8-6-4-2/h11,13,17,32,64,68H,3-10,12,14-16,18-31,33-63H2,1-2H3,(H,67,70). The Bertz CT molecular complexity index is 1070. The van der Waals surface area contributed by atoms with Gasteiger partial charge in [-0.05, 0) is 57.8 Å². The van der Waals surface area contributed by atoms with E-state index in [4.69, 9.17) is 0 Å². The van der Waals surface area contributed by atoms with Crippen LogP contribution in [-0.2, 0) is 9.59 Å². The Morgan fingerprint density at radius 3 is 0.914 bits per heavy atom. The molecule has 0 fully saturated rings. The molecule has 1 unspecified atom stereocenters. The summed E-state index contributed by atoms with van der Waals surface area (Å²) in [6.07, 6.45) is 81.9. The summed E-state index contributed by atoms with van der Waals surface area (Å²) in [6, 6.07) is -0.0598. The minimum Gasteiger partial charge on any atom is -0.394 e. The maximum absolute atomic E-state index is 12.4. The van der Waals surface area contributed by atoms with Crippen LogP contribution >= 0.6 is 0 Å². The summed E-state index contributed by atoms with van der Waals surface area (Å²) in [5.74, 6) is 0.641. The SMILES string of the molecule is CCCCCC=CCC=CCCCCCCCC(=O)CCCCCCCCCCCCCCCCCCCCCCCCCCCCCC(=O)NC(CO)CCCCCCCCCCCCCCCC. The van der Waals surface area contributed by atoms with Crippen molar-refractivity contribution in [2.75, 3.05) is 6.61 Å². The third-order valence-electron chi connectivity index (χ3n) is 15.3. The van der Waals surface area contributed by atoms with Crippen molar-refractivity contribution >= 4 is 11.7 Å². The van der Waals surface area contributed by atoms with E-state index in [1.54, 1.807) is 0 Å². The van der Waals surface area contributed by atoms with Crippen LogP contribution in [0.4, 0.5) is 0 Å². The van der Waals surface area contributed by atoms with E-state index >= 15 is 0 Å². The lowest BCUT2D eigenvalue weighted by Gasteiger charge is -2.16. The Morgan fingerprint density at radius 1 is 0.329 bits per heavy atom. The molecule has 70 heavy (non-hydrogen) atoms. The van der Waals surface area contributed by atoms with Crippen molar-refractivity contribution in [1.29, 1.82) is 0 Å². The summed E-state index contributed by atoms with van der Waals surface area (Å²) >= 11 is 0. The maximum atomic E-state index is 12.4. The number of hydrogen-bond acceptors (Lipinski definition) is 3. The van der Waals surface area contributed by atoms with E-state index in [0.29, 0.717) is 12.2 Å². The molecule has 0 heterocycles. The summed E-state index contributed by atoms with van der Waals surface area (Å²) in [4.78, 5) is 24.7. The second-order valence-corrected chi connectivity index (χ2v) is 22.4. The first-order chi connectivity index (χ1) is 34.6. The van der Waals surface area contributed by atoms with Crippen molar-refractivity contribution < 1.29 is 14.7 Å². The van der Waals surface area contributed by atoms with Gasteiger partial charge in [-0.2, -0.15) is 0 Å². The quantitative estimate of drug-likeness (QED) is 0.0471. The lowest BCUT2D eigenvalue weighted by atomic mass is 10.0. The minimum atomic E-state index is -0.0598. The van der Waals surface area contributed by atoms with Crippen LogP contribution in [0.5, 0.6) is 0 Å². The van der Waals surface area contributed by atoms with Crippen molar-refractivity contribution in [2.45, 2.75) is 379 Å². The van der Waals surface area contributed by atoms with E-state index in [1.807, 2.05) is 0 Å². The fraction of sp³-hybridized carbons (Fsp3) is 0.909. The Hall–Kier alpha value is -1.42. The highest BCUT2D eigenvalue weighted by Crippen LogP contribution is 2.19. The molecule has 0 bridgehead atoms. The maximum Gasteiger partial charge on any atom is 0.220 e. The lowest BCUT2D eigenvalue weighted by molar-refractivity contribution is -0.122. The molecule has 0 radical (unpaired) electrons. The van der Waals surface area contributed by atoms with Crippen LogP contribution in [0, 0.1) is 0 Å². The number of unbranched alkanes of at least 4 members (excludes halogenated alkanes) is 47. The fourth-order valence-electron chi connectivity index (χ4n) is 10.4. The molecule has 0 aromatic heterocycles. The van der Waals surface area contributed by atoms with Crippen molar-refractivity contribution in [1.82, 2.24) is 5.32 Å². The van der Waals surface area contributed by atoms with E-state index < -0.39 is 0 Å². The smallest absolute Gasteiger partial charge is 0.220 e. The molecule has 0 aromatic carbocycles. The average molecular weight is 983 g/mol. The normalized spacial score (nSPS) is 12.3. The Morgan fingerprint density at radius 2 is 0.586 bits per heavy atom. The van der Waals surface area contributed by atoms with Crippen LogP contribution < -0.4 is 5.32 Å². The van der Waals surface area contributed by atoms with Crippen LogP contribution in [0.1, 0.15) is 373 Å². The Labute approximate surface area is 440 Å². The predicted octanol–water partition coefficient (Wildman–Crippen LogP) is 22.0. The monoisotopic (exact) mass is 982 g/mol.